The van der Waals surface area contributed by atoms with Crippen molar-refractivity contribution in [3.05, 3.63) is 0 Å². The molecule has 0 aliphatic rings. The lowest BCUT2D eigenvalue weighted by atomic mass is 9.59. The van der Waals surface area contributed by atoms with E-state index in [1.165, 1.54) is 12.8 Å². The summed E-state index contributed by atoms with van der Waals surface area (Å²) in [5.41, 5.74) is 7.19. The lowest BCUT2D eigenvalue weighted by Crippen LogP contribution is -2.67. The second-order valence-corrected chi connectivity index (χ2v) is 16.3. The third-order valence-corrected chi connectivity index (χ3v) is 10.9. The quantitative estimate of drug-likeness (QED) is 0.167. The van der Waals surface area contributed by atoms with Crippen molar-refractivity contribution in [2.24, 2.45) is 22.0 Å². The SMILES string of the molecule is CCC(C)(C)CC(C)(C)C(CC)(CC)NC(C)(C)CC(C)(CC)C(C)(CC)NC(C)(C)CC(C)(N)CC. The summed E-state index contributed by atoms with van der Waals surface area (Å²) in [7, 11) is 0. The molecule has 3 nitrogen and oxygen atoms in total. The molecular weight excluding hydrogens is 450 g/mol. The molecule has 0 heterocycles. The molecule has 0 aliphatic heterocycles. The van der Waals surface area contributed by atoms with E-state index in [4.69, 9.17) is 5.73 Å². The topological polar surface area (TPSA) is 50.1 Å². The molecule has 0 aromatic heterocycles. The summed E-state index contributed by atoms with van der Waals surface area (Å²) in [5, 5.41) is 8.52. The fraction of sp³-hybridized carbons (Fsp3) is 1.00. The molecule has 37 heavy (non-hydrogen) atoms. The zero-order valence-electron chi connectivity index (χ0n) is 28.9. The van der Waals surface area contributed by atoms with Crippen LogP contribution in [-0.4, -0.2) is 27.7 Å². The van der Waals surface area contributed by atoms with Crippen molar-refractivity contribution in [2.75, 3.05) is 0 Å². The Bertz CT molecular complexity index is 683. The van der Waals surface area contributed by atoms with E-state index in [1.807, 2.05) is 0 Å². The van der Waals surface area contributed by atoms with Gasteiger partial charge < -0.3 is 16.4 Å². The van der Waals surface area contributed by atoms with Crippen molar-refractivity contribution < 1.29 is 0 Å². The molecule has 0 bridgehead atoms. The van der Waals surface area contributed by atoms with E-state index in [9.17, 15) is 0 Å². The van der Waals surface area contributed by atoms with Gasteiger partial charge >= 0.3 is 0 Å². The van der Waals surface area contributed by atoms with Crippen LogP contribution in [0.3, 0.4) is 0 Å². The normalized spacial score (nSPS) is 19.3. The Kier molecular flexibility index (Phi) is 12.6. The second kappa shape index (κ2) is 12.6. The summed E-state index contributed by atoms with van der Waals surface area (Å²) in [5.74, 6) is 0. The summed E-state index contributed by atoms with van der Waals surface area (Å²) in [6.07, 6.45) is 10.0. The van der Waals surface area contributed by atoms with Crippen molar-refractivity contribution in [2.45, 2.75) is 203 Å². The molecule has 0 aliphatic carbocycles. The Morgan fingerprint density at radius 2 is 0.946 bits per heavy atom. The molecule has 224 valence electrons. The number of nitrogens with two attached hydrogens (primary N) is 1. The Hall–Kier alpha value is -0.120. The Morgan fingerprint density at radius 3 is 1.30 bits per heavy atom. The fourth-order valence-corrected chi connectivity index (χ4v) is 8.01. The van der Waals surface area contributed by atoms with Crippen LogP contribution in [0.1, 0.15) is 175 Å². The van der Waals surface area contributed by atoms with Gasteiger partial charge in [0.15, 0.2) is 0 Å². The molecule has 0 rings (SSSR count). The van der Waals surface area contributed by atoms with Crippen LogP contribution in [-0.2, 0) is 0 Å². The molecule has 3 atom stereocenters. The van der Waals surface area contributed by atoms with Gasteiger partial charge in [0.1, 0.15) is 0 Å². The van der Waals surface area contributed by atoms with Gasteiger partial charge in [0.05, 0.1) is 0 Å². The minimum absolute atomic E-state index is 0.00153. The lowest BCUT2D eigenvalue weighted by Gasteiger charge is -2.57. The first kappa shape index (κ1) is 36.9. The van der Waals surface area contributed by atoms with Crippen molar-refractivity contribution in [3.63, 3.8) is 0 Å². The van der Waals surface area contributed by atoms with Gasteiger partial charge in [-0.3, -0.25) is 0 Å². The van der Waals surface area contributed by atoms with Gasteiger partial charge in [-0.1, -0.05) is 82.6 Å². The Balaban J connectivity index is 6.27. The average molecular weight is 524 g/mol. The summed E-state index contributed by atoms with van der Waals surface area (Å²) in [4.78, 5) is 0. The molecule has 0 saturated carbocycles. The lowest BCUT2D eigenvalue weighted by molar-refractivity contribution is -0.00376. The highest BCUT2D eigenvalue weighted by Crippen LogP contribution is 2.49. The predicted octanol–water partition coefficient (Wildman–Crippen LogP) is 9.63. The highest BCUT2D eigenvalue weighted by atomic mass is 15.1. The van der Waals surface area contributed by atoms with Crippen LogP contribution in [0.5, 0.6) is 0 Å². The third kappa shape index (κ3) is 9.49. The number of nitrogens with one attached hydrogen (secondary N) is 2. The van der Waals surface area contributed by atoms with Gasteiger partial charge in [-0.15, -0.1) is 0 Å². The van der Waals surface area contributed by atoms with Crippen LogP contribution >= 0.6 is 0 Å². The minimum atomic E-state index is -0.158. The molecule has 0 radical (unpaired) electrons. The minimum Gasteiger partial charge on any atom is -0.325 e. The zero-order valence-corrected chi connectivity index (χ0v) is 28.9. The van der Waals surface area contributed by atoms with E-state index in [1.54, 1.807) is 0 Å². The predicted molar refractivity (Wildman–Crippen MR) is 169 cm³/mol. The molecule has 0 aromatic carbocycles. The van der Waals surface area contributed by atoms with Crippen LogP contribution < -0.4 is 16.4 Å². The maximum atomic E-state index is 6.65. The molecule has 3 unspecified atom stereocenters. The molecule has 0 saturated heterocycles. The fourth-order valence-electron chi connectivity index (χ4n) is 8.01. The van der Waals surface area contributed by atoms with E-state index < -0.39 is 0 Å². The molecule has 0 spiro atoms. The third-order valence-electron chi connectivity index (χ3n) is 10.9. The van der Waals surface area contributed by atoms with Gasteiger partial charge in [-0.2, -0.15) is 0 Å². The monoisotopic (exact) mass is 524 g/mol. The van der Waals surface area contributed by atoms with E-state index in [0.717, 1.165) is 44.9 Å². The molecule has 0 aromatic rings. The van der Waals surface area contributed by atoms with E-state index in [-0.39, 0.29) is 38.5 Å². The maximum absolute atomic E-state index is 6.65. The molecule has 0 amide bonds. The molecule has 3 heteroatoms. The molecule has 0 fully saturated rings. The standard InChI is InChI=1S/C34H73N3/c1-18-27(7,8)24-28(9,10)34(22-5,23-6)37-29(11,12)25-31(15,19-2)33(17,21-4)36-30(13,14)26-32(16,35)20-3/h36-37H,18-26,35H2,1-17H3. The van der Waals surface area contributed by atoms with E-state index >= 15 is 0 Å². The van der Waals surface area contributed by atoms with Crippen LogP contribution in [0.2, 0.25) is 0 Å². The highest BCUT2D eigenvalue weighted by molar-refractivity contribution is 5.09. The number of hydrogen-bond acceptors (Lipinski definition) is 3. The highest BCUT2D eigenvalue weighted by Gasteiger charge is 2.51. The summed E-state index contributed by atoms with van der Waals surface area (Å²) in [6, 6.07) is 0. The maximum Gasteiger partial charge on any atom is 0.0232 e. The van der Waals surface area contributed by atoms with E-state index in [2.05, 4.69) is 128 Å². The van der Waals surface area contributed by atoms with Crippen LogP contribution in [0, 0.1) is 16.2 Å². The van der Waals surface area contributed by atoms with Crippen molar-refractivity contribution in [3.8, 4) is 0 Å². The van der Waals surface area contributed by atoms with Gasteiger partial charge in [0.2, 0.25) is 0 Å². The summed E-state index contributed by atoms with van der Waals surface area (Å²) >= 11 is 0. The van der Waals surface area contributed by atoms with Gasteiger partial charge in [0.25, 0.3) is 0 Å². The second-order valence-electron chi connectivity index (χ2n) is 16.3. The first-order valence-corrected chi connectivity index (χ1v) is 15.8. The molecular formula is C34H73N3. The summed E-state index contributed by atoms with van der Waals surface area (Å²) < 4.78 is 0. The van der Waals surface area contributed by atoms with Crippen LogP contribution in [0.15, 0.2) is 0 Å². The van der Waals surface area contributed by atoms with Crippen molar-refractivity contribution in [1.82, 2.24) is 10.6 Å². The largest absolute Gasteiger partial charge is 0.325 e. The van der Waals surface area contributed by atoms with Crippen LogP contribution in [0.25, 0.3) is 0 Å². The van der Waals surface area contributed by atoms with Crippen molar-refractivity contribution >= 4 is 0 Å². The van der Waals surface area contributed by atoms with Gasteiger partial charge in [-0.05, 0) is 109 Å². The number of hydrogen-bond donors (Lipinski definition) is 3. The first-order valence-electron chi connectivity index (χ1n) is 15.8. The smallest absolute Gasteiger partial charge is 0.0232 e. The van der Waals surface area contributed by atoms with Gasteiger partial charge in [-0.25, -0.2) is 0 Å². The summed E-state index contributed by atoms with van der Waals surface area (Å²) in [6.45, 7) is 40.8. The zero-order chi connectivity index (χ0) is 29.8. The first-order chi connectivity index (χ1) is 16.4. The van der Waals surface area contributed by atoms with Crippen LogP contribution in [0.4, 0.5) is 0 Å². The van der Waals surface area contributed by atoms with E-state index in [0.29, 0.717) is 5.41 Å². The Morgan fingerprint density at radius 1 is 0.486 bits per heavy atom. The number of rotatable bonds is 18. The molecule has 4 N–H and O–H groups in total. The van der Waals surface area contributed by atoms with Crippen molar-refractivity contribution in [1.29, 1.82) is 0 Å². The average Bonchev–Trinajstić information content (AvgIpc) is 2.74. The van der Waals surface area contributed by atoms with Gasteiger partial charge in [0, 0.05) is 27.7 Å². The Labute approximate surface area is 235 Å².